The fraction of sp³-hybridized carbons (Fsp3) is 0.438. The van der Waals surface area contributed by atoms with E-state index in [9.17, 15) is 0 Å². The van der Waals surface area contributed by atoms with Gasteiger partial charge in [0.25, 0.3) is 0 Å². The number of nitrogens with two attached hydrogens (primary N) is 1. The van der Waals surface area contributed by atoms with E-state index >= 15 is 0 Å². The van der Waals surface area contributed by atoms with Gasteiger partial charge in [0.2, 0.25) is 0 Å². The lowest BCUT2D eigenvalue weighted by Gasteiger charge is -2.21. The van der Waals surface area contributed by atoms with Crippen molar-refractivity contribution in [1.29, 1.82) is 0 Å². The molecule has 0 aliphatic rings. The molecule has 0 saturated heterocycles. The number of hydrogen-bond acceptors (Lipinski definition) is 2. The van der Waals surface area contributed by atoms with Crippen LogP contribution >= 0.6 is 0 Å². The van der Waals surface area contributed by atoms with Gasteiger partial charge < -0.3 is 5.73 Å². The molecular formula is C16H22N2. The highest BCUT2D eigenvalue weighted by Gasteiger charge is 2.15. The van der Waals surface area contributed by atoms with Crippen LogP contribution in [0.15, 0.2) is 36.7 Å². The third-order valence-electron chi connectivity index (χ3n) is 3.32. The molecule has 0 radical (unpaired) electrons. The summed E-state index contributed by atoms with van der Waals surface area (Å²) in [6.45, 7) is 6.77. The molecule has 0 spiro atoms. The third kappa shape index (κ3) is 3.08. The molecule has 0 aliphatic carbocycles. The maximum atomic E-state index is 6.35. The van der Waals surface area contributed by atoms with Gasteiger partial charge in [-0.3, -0.25) is 4.98 Å². The Kier molecular flexibility index (Phi) is 3.67. The van der Waals surface area contributed by atoms with Crippen molar-refractivity contribution in [2.45, 2.75) is 39.7 Å². The topological polar surface area (TPSA) is 38.9 Å². The fourth-order valence-corrected chi connectivity index (χ4v) is 2.21. The van der Waals surface area contributed by atoms with Crippen LogP contribution in [0.4, 0.5) is 0 Å². The van der Waals surface area contributed by atoms with Gasteiger partial charge in [0.1, 0.15) is 0 Å². The predicted octanol–water partition coefficient (Wildman–Crippen LogP) is 4.06. The SMILES string of the molecule is CC(C)(C)CCC(N)c1cccc2cnccc12. The number of nitrogens with zero attached hydrogens (tertiary/aromatic N) is 1. The van der Waals surface area contributed by atoms with Crippen LogP contribution < -0.4 is 5.73 Å². The molecule has 2 N–H and O–H groups in total. The van der Waals surface area contributed by atoms with Crippen LogP contribution in [0.25, 0.3) is 10.8 Å². The molecule has 0 fully saturated rings. The van der Waals surface area contributed by atoms with Gasteiger partial charge in [0.05, 0.1) is 0 Å². The zero-order valence-electron chi connectivity index (χ0n) is 11.5. The third-order valence-corrected chi connectivity index (χ3v) is 3.32. The highest BCUT2D eigenvalue weighted by Crippen LogP contribution is 2.29. The van der Waals surface area contributed by atoms with Crippen molar-refractivity contribution in [3.8, 4) is 0 Å². The summed E-state index contributed by atoms with van der Waals surface area (Å²) in [6.07, 6.45) is 5.89. The maximum absolute atomic E-state index is 6.35. The van der Waals surface area contributed by atoms with Gasteiger partial charge in [-0.1, -0.05) is 39.0 Å². The lowest BCUT2D eigenvalue weighted by molar-refractivity contribution is 0.350. The summed E-state index contributed by atoms with van der Waals surface area (Å²) in [6, 6.07) is 8.45. The number of aromatic nitrogens is 1. The van der Waals surface area contributed by atoms with E-state index in [4.69, 9.17) is 5.73 Å². The molecule has 1 unspecified atom stereocenters. The van der Waals surface area contributed by atoms with E-state index in [0.29, 0.717) is 5.41 Å². The summed E-state index contributed by atoms with van der Waals surface area (Å²) in [5, 5.41) is 2.40. The number of rotatable bonds is 3. The zero-order valence-corrected chi connectivity index (χ0v) is 11.5. The number of fused-ring (bicyclic) bond motifs is 1. The van der Waals surface area contributed by atoms with Gasteiger partial charge in [0.15, 0.2) is 0 Å². The Balaban J connectivity index is 2.25. The summed E-state index contributed by atoms with van der Waals surface area (Å²) in [7, 11) is 0. The van der Waals surface area contributed by atoms with E-state index in [2.05, 4.69) is 50.0 Å². The second kappa shape index (κ2) is 5.07. The van der Waals surface area contributed by atoms with Crippen LogP contribution in [-0.4, -0.2) is 4.98 Å². The van der Waals surface area contributed by atoms with Crippen LogP contribution in [0.1, 0.15) is 45.2 Å². The van der Waals surface area contributed by atoms with Gasteiger partial charge in [0, 0.05) is 23.8 Å². The molecule has 96 valence electrons. The zero-order chi connectivity index (χ0) is 13.2. The number of pyridine rings is 1. The monoisotopic (exact) mass is 242 g/mol. The minimum atomic E-state index is 0.107. The predicted molar refractivity (Wildman–Crippen MR) is 77.4 cm³/mol. The second-order valence-electron chi connectivity index (χ2n) is 6.15. The molecule has 2 rings (SSSR count). The van der Waals surface area contributed by atoms with Gasteiger partial charge in [-0.15, -0.1) is 0 Å². The van der Waals surface area contributed by atoms with E-state index in [-0.39, 0.29) is 6.04 Å². The van der Waals surface area contributed by atoms with Crippen molar-refractivity contribution in [3.63, 3.8) is 0 Å². The lowest BCUT2D eigenvalue weighted by atomic mass is 9.86. The molecule has 0 saturated carbocycles. The van der Waals surface area contributed by atoms with Crippen LogP contribution in [-0.2, 0) is 0 Å². The molecule has 2 nitrogen and oxygen atoms in total. The first-order valence-corrected chi connectivity index (χ1v) is 6.55. The minimum absolute atomic E-state index is 0.107. The summed E-state index contributed by atoms with van der Waals surface area (Å²) in [4.78, 5) is 4.16. The molecule has 2 heteroatoms. The quantitative estimate of drug-likeness (QED) is 0.881. The average molecular weight is 242 g/mol. The Morgan fingerprint density at radius 3 is 2.72 bits per heavy atom. The van der Waals surface area contributed by atoms with Crippen LogP contribution in [0.5, 0.6) is 0 Å². The van der Waals surface area contributed by atoms with Crippen molar-refractivity contribution in [2.24, 2.45) is 11.1 Å². The van der Waals surface area contributed by atoms with E-state index < -0.39 is 0 Å². The Morgan fingerprint density at radius 2 is 2.00 bits per heavy atom. The Labute approximate surface area is 109 Å². The molecule has 1 heterocycles. The molecule has 0 aliphatic heterocycles. The largest absolute Gasteiger partial charge is 0.324 e. The lowest BCUT2D eigenvalue weighted by Crippen LogP contribution is -2.15. The molecule has 1 aromatic heterocycles. The van der Waals surface area contributed by atoms with Crippen molar-refractivity contribution < 1.29 is 0 Å². The average Bonchev–Trinajstić information content (AvgIpc) is 2.34. The van der Waals surface area contributed by atoms with Gasteiger partial charge in [-0.05, 0) is 35.3 Å². The van der Waals surface area contributed by atoms with Crippen molar-refractivity contribution in [1.82, 2.24) is 4.98 Å². The fourth-order valence-electron chi connectivity index (χ4n) is 2.21. The Morgan fingerprint density at radius 1 is 1.22 bits per heavy atom. The number of benzene rings is 1. The van der Waals surface area contributed by atoms with E-state index in [0.717, 1.165) is 12.8 Å². The first-order chi connectivity index (χ1) is 8.47. The normalized spacial score (nSPS) is 13.8. The van der Waals surface area contributed by atoms with Crippen LogP contribution in [0.3, 0.4) is 0 Å². The molecular weight excluding hydrogens is 220 g/mol. The molecule has 0 bridgehead atoms. The molecule has 0 amide bonds. The second-order valence-corrected chi connectivity index (χ2v) is 6.15. The first kappa shape index (κ1) is 13.0. The molecule has 1 atom stereocenters. The Hall–Kier alpha value is -1.41. The number of hydrogen-bond donors (Lipinski definition) is 1. The van der Waals surface area contributed by atoms with Crippen LogP contribution in [0, 0.1) is 5.41 Å². The Bertz CT molecular complexity index is 521. The molecule has 2 aromatic rings. The summed E-state index contributed by atoms with van der Waals surface area (Å²) >= 11 is 0. The molecule has 1 aromatic carbocycles. The van der Waals surface area contributed by atoms with Gasteiger partial charge >= 0.3 is 0 Å². The highest BCUT2D eigenvalue weighted by molar-refractivity contribution is 5.85. The van der Waals surface area contributed by atoms with E-state index in [1.807, 2.05) is 12.4 Å². The summed E-state index contributed by atoms with van der Waals surface area (Å²) in [5.41, 5.74) is 7.92. The van der Waals surface area contributed by atoms with E-state index in [1.165, 1.54) is 16.3 Å². The molecule has 18 heavy (non-hydrogen) atoms. The maximum Gasteiger partial charge on any atom is 0.0346 e. The van der Waals surface area contributed by atoms with Crippen LogP contribution in [0.2, 0.25) is 0 Å². The van der Waals surface area contributed by atoms with Gasteiger partial charge in [-0.2, -0.15) is 0 Å². The summed E-state index contributed by atoms with van der Waals surface area (Å²) in [5.74, 6) is 0. The minimum Gasteiger partial charge on any atom is -0.324 e. The smallest absolute Gasteiger partial charge is 0.0346 e. The van der Waals surface area contributed by atoms with Crippen molar-refractivity contribution in [2.75, 3.05) is 0 Å². The summed E-state index contributed by atoms with van der Waals surface area (Å²) < 4.78 is 0. The van der Waals surface area contributed by atoms with Gasteiger partial charge in [-0.25, -0.2) is 0 Å². The van der Waals surface area contributed by atoms with Crippen molar-refractivity contribution in [3.05, 3.63) is 42.2 Å². The van der Waals surface area contributed by atoms with Crippen molar-refractivity contribution >= 4 is 10.8 Å². The highest BCUT2D eigenvalue weighted by atomic mass is 14.6. The standard InChI is InChI=1S/C16H22N2/c1-16(2,3)9-7-15(17)14-6-4-5-12-11-18-10-8-13(12)14/h4-6,8,10-11,15H,7,9,17H2,1-3H3. The van der Waals surface area contributed by atoms with E-state index in [1.54, 1.807) is 0 Å². The first-order valence-electron chi connectivity index (χ1n) is 6.55.